The van der Waals surface area contributed by atoms with E-state index in [9.17, 15) is 8.78 Å². The molecule has 5 heteroatoms. The lowest BCUT2D eigenvalue weighted by atomic mass is 9.98. The largest absolute Gasteiger partial charge is 0.307 e. The van der Waals surface area contributed by atoms with Crippen molar-refractivity contribution in [3.63, 3.8) is 0 Å². The lowest BCUT2D eigenvalue weighted by Gasteiger charge is -2.19. The van der Waals surface area contributed by atoms with Crippen LogP contribution in [0.15, 0.2) is 36.4 Å². The molecule has 0 bridgehead atoms. The van der Waals surface area contributed by atoms with Gasteiger partial charge in [-0.25, -0.2) is 8.78 Å². The molecule has 1 nitrogen and oxygen atoms in total. The Kier molecular flexibility index (Phi) is 4.97. The fraction of sp³-hybridized carbons (Fsp3) is 0.200. The predicted octanol–water partition coefficient (Wildman–Crippen LogP) is 4.97. The average molecular weight is 316 g/mol. The summed E-state index contributed by atoms with van der Waals surface area (Å²) < 4.78 is 26.4. The van der Waals surface area contributed by atoms with Crippen LogP contribution in [-0.2, 0) is 0 Å². The molecule has 2 aromatic rings. The van der Waals surface area contributed by atoms with Crippen LogP contribution in [0.4, 0.5) is 8.78 Å². The second kappa shape index (κ2) is 6.53. The summed E-state index contributed by atoms with van der Waals surface area (Å²) in [5.74, 6) is -1.73. The monoisotopic (exact) mass is 315 g/mol. The Balaban J connectivity index is 2.44. The predicted molar refractivity (Wildman–Crippen MR) is 78.3 cm³/mol. The van der Waals surface area contributed by atoms with Gasteiger partial charge in [0.1, 0.15) is 0 Å². The Labute approximate surface area is 126 Å². The van der Waals surface area contributed by atoms with Gasteiger partial charge in [-0.05, 0) is 41.9 Å². The molecule has 0 aromatic heterocycles. The highest BCUT2D eigenvalue weighted by Crippen LogP contribution is 2.29. The molecule has 0 amide bonds. The number of hydrogen-bond donors (Lipinski definition) is 1. The highest BCUT2D eigenvalue weighted by Gasteiger charge is 2.16. The van der Waals surface area contributed by atoms with Gasteiger partial charge in [0.05, 0.1) is 16.1 Å². The molecule has 0 spiro atoms. The van der Waals surface area contributed by atoms with Crippen LogP contribution in [0, 0.1) is 11.6 Å². The summed E-state index contributed by atoms with van der Waals surface area (Å²) in [4.78, 5) is 0. The highest BCUT2D eigenvalue weighted by atomic mass is 35.5. The Bertz CT molecular complexity index is 565. The number of benzene rings is 2. The molecular formula is C15H13Cl2F2N. The Morgan fingerprint density at radius 1 is 0.950 bits per heavy atom. The van der Waals surface area contributed by atoms with Gasteiger partial charge in [0.25, 0.3) is 0 Å². The van der Waals surface area contributed by atoms with Crippen LogP contribution in [0.2, 0.25) is 10.0 Å². The van der Waals surface area contributed by atoms with Gasteiger partial charge < -0.3 is 5.32 Å². The van der Waals surface area contributed by atoms with Gasteiger partial charge in [0.2, 0.25) is 0 Å². The number of rotatable bonds is 4. The van der Waals surface area contributed by atoms with E-state index in [4.69, 9.17) is 23.2 Å². The zero-order chi connectivity index (χ0) is 14.7. The molecule has 20 heavy (non-hydrogen) atoms. The van der Waals surface area contributed by atoms with E-state index >= 15 is 0 Å². The molecule has 0 heterocycles. The zero-order valence-corrected chi connectivity index (χ0v) is 12.3. The van der Waals surface area contributed by atoms with E-state index in [-0.39, 0.29) is 6.04 Å². The lowest BCUT2D eigenvalue weighted by Crippen LogP contribution is -2.22. The summed E-state index contributed by atoms with van der Waals surface area (Å²) in [5.41, 5.74) is 1.47. The first-order chi connectivity index (χ1) is 9.52. The van der Waals surface area contributed by atoms with Gasteiger partial charge in [0, 0.05) is 0 Å². The molecule has 0 fully saturated rings. The van der Waals surface area contributed by atoms with Crippen LogP contribution in [0.5, 0.6) is 0 Å². The van der Waals surface area contributed by atoms with E-state index in [0.717, 1.165) is 11.6 Å². The molecule has 1 N–H and O–H groups in total. The van der Waals surface area contributed by atoms with Crippen LogP contribution in [0.3, 0.4) is 0 Å². The summed E-state index contributed by atoms with van der Waals surface area (Å²) in [6.45, 7) is 2.61. The van der Waals surface area contributed by atoms with E-state index in [0.29, 0.717) is 22.2 Å². The van der Waals surface area contributed by atoms with Crippen LogP contribution in [0.25, 0.3) is 0 Å². The fourth-order valence-electron chi connectivity index (χ4n) is 2.02. The maximum absolute atomic E-state index is 13.4. The average Bonchev–Trinajstić information content (AvgIpc) is 2.43. The second-order valence-electron chi connectivity index (χ2n) is 4.34. The highest BCUT2D eigenvalue weighted by molar-refractivity contribution is 6.42. The molecule has 2 rings (SSSR count). The van der Waals surface area contributed by atoms with Crippen molar-refractivity contribution in [1.82, 2.24) is 5.32 Å². The second-order valence-corrected chi connectivity index (χ2v) is 5.15. The van der Waals surface area contributed by atoms with Crippen molar-refractivity contribution in [2.24, 2.45) is 0 Å². The van der Waals surface area contributed by atoms with Crippen LogP contribution in [-0.4, -0.2) is 6.54 Å². The van der Waals surface area contributed by atoms with Crippen molar-refractivity contribution in [3.05, 3.63) is 69.2 Å². The number of hydrogen-bond acceptors (Lipinski definition) is 1. The van der Waals surface area contributed by atoms with Gasteiger partial charge in [-0.15, -0.1) is 0 Å². The SMILES string of the molecule is CCNC(c1ccc(F)c(F)c1)c1ccc(Cl)c(Cl)c1. The molecule has 106 valence electrons. The van der Waals surface area contributed by atoms with Crippen LogP contribution in [0.1, 0.15) is 24.1 Å². The molecular weight excluding hydrogens is 303 g/mol. The van der Waals surface area contributed by atoms with E-state index < -0.39 is 11.6 Å². The topological polar surface area (TPSA) is 12.0 Å². The lowest BCUT2D eigenvalue weighted by molar-refractivity contribution is 0.504. The third kappa shape index (κ3) is 3.29. The quantitative estimate of drug-likeness (QED) is 0.840. The third-order valence-electron chi connectivity index (χ3n) is 2.96. The first-order valence-corrected chi connectivity index (χ1v) is 6.91. The molecule has 0 aliphatic rings. The normalized spacial score (nSPS) is 12.4. The van der Waals surface area contributed by atoms with Crippen molar-refractivity contribution in [1.29, 1.82) is 0 Å². The third-order valence-corrected chi connectivity index (χ3v) is 3.70. The molecule has 2 aromatic carbocycles. The molecule has 0 aliphatic heterocycles. The maximum atomic E-state index is 13.4. The Hall–Kier alpha value is -1.16. The summed E-state index contributed by atoms with van der Waals surface area (Å²) in [5, 5.41) is 4.10. The van der Waals surface area contributed by atoms with Crippen molar-refractivity contribution in [3.8, 4) is 0 Å². The van der Waals surface area contributed by atoms with E-state index in [1.807, 2.05) is 13.0 Å². The summed E-state index contributed by atoms with van der Waals surface area (Å²) in [6, 6.07) is 8.79. The Morgan fingerprint density at radius 2 is 1.60 bits per heavy atom. The standard InChI is InChI=1S/C15H13Cl2F2N/c1-2-20-15(9-3-5-11(16)12(17)7-9)10-4-6-13(18)14(19)8-10/h3-8,15,20H,2H2,1H3. The van der Waals surface area contributed by atoms with Gasteiger partial charge in [0.15, 0.2) is 11.6 Å². The minimum Gasteiger partial charge on any atom is -0.307 e. The molecule has 1 unspecified atom stereocenters. The summed E-state index contributed by atoms with van der Waals surface area (Å²) in [6.07, 6.45) is 0. The number of nitrogens with one attached hydrogen (secondary N) is 1. The first-order valence-electron chi connectivity index (χ1n) is 6.16. The molecule has 0 radical (unpaired) electrons. The Morgan fingerprint density at radius 3 is 2.20 bits per heavy atom. The molecule has 0 saturated heterocycles. The molecule has 0 saturated carbocycles. The number of halogens is 4. The fourth-order valence-corrected chi connectivity index (χ4v) is 2.32. The van der Waals surface area contributed by atoms with E-state index in [2.05, 4.69) is 5.32 Å². The van der Waals surface area contributed by atoms with Gasteiger partial charge in [-0.2, -0.15) is 0 Å². The van der Waals surface area contributed by atoms with Crippen molar-refractivity contribution >= 4 is 23.2 Å². The van der Waals surface area contributed by atoms with Gasteiger partial charge in [-0.1, -0.05) is 42.3 Å². The van der Waals surface area contributed by atoms with E-state index in [1.165, 1.54) is 6.07 Å². The molecule has 0 aliphatic carbocycles. The zero-order valence-electron chi connectivity index (χ0n) is 10.8. The van der Waals surface area contributed by atoms with E-state index in [1.54, 1.807) is 18.2 Å². The minimum absolute atomic E-state index is 0.273. The van der Waals surface area contributed by atoms with Crippen molar-refractivity contribution in [2.45, 2.75) is 13.0 Å². The summed E-state index contributed by atoms with van der Waals surface area (Å²) >= 11 is 11.9. The van der Waals surface area contributed by atoms with Gasteiger partial charge in [-0.3, -0.25) is 0 Å². The molecule has 1 atom stereocenters. The van der Waals surface area contributed by atoms with Crippen LogP contribution >= 0.6 is 23.2 Å². The maximum Gasteiger partial charge on any atom is 0.159 e. The summed E-state index contributed by atoms with van der Waals surface area (Å²) in [7, 11) is 0. The van der Waals surface area contributed by atoms with Crippen molar-refractivity contribution in [2.75, 3.05) is 6.54 Å². The van der Waals surface area contributed by atoms with Crippen molar-refractivity contribution < 1.29 is 8.78 Å². The first kappa shape index (κ1) is 15.2. The van der Waals surface area contributed by atoms with Crippen LogP contribution < -0.4 is 5.32 Å². The minimum atomic E-state index is -0.870. The smallest absolute Gasteiger partial charge is 0.159 e. The van der Waals surface area contributed by atoms with Gasteiger partial charge >= 0.3 is 0 Å².